The first-order chi connectivity index (χ1) is 4.75. The molecular weight excluding hydrogens is 130 g/mol. The van der Waals surface area contributed by atoms with Crippen molar-refractivity contribution in [3.8, 4) is 0 Å². The monoisotopic (exact) mass is 145 g/mol. The van der Waals surface area contributed by atoms with Gasteiger partial charge in [0.25, 0.3) is 0 Å². The summed E-state index contributed by atoms with van der Waals surface area (Å²) in [4.78, 5) is 2.01. The van der Waals surface area contributed by atoms with Crippen molar-refractivity contribution >= 4 is 0 Å². The van der Waals surface area contributed by atoms with E-state index >= 15 is 0 Å². The van der Waals surface area contributed by atoms with Crippen LogP contribution in [0.2, 0.25) is 0 Å². The van der Waals surface area contributed by atoms with Crippen molar-refractivity contribution < 1.29 is 10.2 Å². The number of hydrogen-bond donors (Lipinski definition) is 2. The molecule has 3 nitrogen and oxygen atoms in total. The smallest absolute Gasteiger partial charge is 0.0718 e. The lowest BCUT2D eigenvalue weighted by atomic mass is 10.0. The standard InChI is InChI=1S/C7H15NO2/c1-8-4-2-3-7(10)6(8)5-9/h6-7,9-10H,2-5H2,1H3/t6-,7-/m1/s1. The van der Waals surface area contributed by atoms with Gasteiger partial charge in [-0.05, 0) is 26.4 Å². The summed E-state index contributed by atoms with van der Waals surface area (Å²) in [5, 5.41) is 18.2. The maximum atomic E-state index is 9.34. The Morgan fingerprint density at radius 3 is 2.70 bits per heavy atom. The zero-order chi connectivity index (χ0) is 7.56. The number of rotatable bonds is 1. The van der Waals surface area contributed by atoms with Crippen LogP contribution >= 0.6 is 0 Å². The van der Waals surface area contributed by atoms with E-state index in [1.807, 2.05) is 11.9 Å². The number of aliphatic hydroxyl groups excluding tert-OH is 2. The molecule has 0 aromatic heterocycles. The van der Waals surface area contributed by atoms with Crippen molar-refractivity contribution in [1.29, 1.82) is 0 Å². The molecule has 1 rings (SSSR count). The van der Waals surface area contributed by atoms with Crippen LogP contribution in [-0.4, -0.2) is 47.5 Å². The van der Waals surface area contributed by atoms with E-state index in [-0.39, 0.29) is 18.8 Å². The van der Waals surface area contributed by atoms with E-state index in [4.69, 9.17) is 5.11 Å². The summed E-state index contributed by atoms with van der Waals surface area (Å²) in [6, 6.07) is -0.0336. The highest BCUT2D eigenvalue weighted by atomic mass is 16.3. The van der Waals surface area contributed by atoms with Gasteiger partial charge in [0.05, 0.1) is 18.8 Å². The van der Waals surface area contributed by atoms with E-state index in [0.717, 1.165) is 19.4 Å². The van der Waals surface area contributed by atoms with Crippen LogP contribution < -0.4 is 0 Å². The average Bonchev–Trinajstić information content (AvgIpc) is 1.88. The Kier molecular flexibility index (Phi) is 2.65. The molecule has 1 fully saturated rings. The third kappa shape index (κ3) is 1.48. The van der Waals surface area contributed by atoms with Gasteiger partial charge in [0, 0.05) is 0 Å². The molecule has 0 spiro atoms. The minimum Gasteiger partial charge on any atom is -0.395 e. The summed E-state index contributed by atoms with van der Waals surface area (Å²) in [7, 11) is 1.93. The van der Waals surface area contributed by atoms with Gasteiger partial charge in [-0.2, -0.15) is 0 Å². The fourth-order valence-electron chi connectivity index (χ4n) is 1.46. The molecule has 2 N–H and O–H groups in total. The topological polar surface area (TPSA) is 43.7 Å². The van der Waals surface area contributed by atoms with Crippen molar-refractivity contribution in [3.05, 3.63) is 0 Å². The second-order valence-electron chi connectivity index (χ2n) is 2.94. The molecule has 0 radical (unpaired) electrons. The third-order valence-corrected chi connectivity index (χ3v) is 2.21. The molecule has 1 aliphatic rings. The van der Waals surface area contributed by atoms with Crippen LogP contribution in [-0.2, 0) is 0 Å². The molecular formula is C7H15NO2. The molecule has 3 heteroatoms. The Labute approximate surface area is 61.3 Å². The second-order valence-corrected chi connectivity index (χ2v) is 2.94. The number of likely N-dealkylation sites (N-methyl/N-ethyl adjacent to an activating group) is 1. The molecule has 1 heterocycles. The Morgan fingerprint density at radius 1 is 1.60 bits per heavy atom. The van der Waals surface area contributed by atoms with E-state index in [1.165, 1.54) is 0 Å². The highest BCUT2D eigenvalue weighted by Gasteiger charge is 2.26. The Hall–Kier alpha value is -0.120. The van der Waals surface area contributed by atoms with Gasteiger partial charge in [0.1, 0.15) is 0 Å². The summed E-state index contributed by atoms with van der Waals surface area (Å²) in [6.45, 7) is 1.06. The quantitative estimate of drug-likeness (QED) is 0.519. The second kappa shape index (κ2) is 3.32. The first kappa shape index (κ1) is 7.98. The van der Waals surface area contributed by atoms with Crippen LogP contribution in [0.15, 0.2) is 0 Å². The van der Waals surface area contributed by atoms with Crippen LogP contribution in [0.4, 0.5) is 0 Å². The van der Waals surface area contributed by atoms with Crippen molar-refractivity contribution in [1.82, 2.24) is 4.90 Å². The predicted molar refractivity (Wildman–Crippen MR) is 38.7 cm³/mol. The van der Waals surface area contributed by atoms with Crippen molar-refractivity contribution in [3.63, 3.8) is 0 Å². The third-order valence-electron chi connectivity index (χ3n) is 2.21. The number of nitrogens with zero attached hydrogens (tertiary/aromatic N) is 1. The van der Waals surface area contributed by atoms with Crippen LogP contribution in [0.3, 0.4) is 0 Å². The minimum atomic E-state index is -0.330. The number of likely N-dealkylation sites (tertiary alicyclic amines) is 1. The summed E-state index contributed by atoms with van der Waals surface area (Å²) in [5.74, 6) is 0. The molecule has 0 aromatic rings. The Balaban J connectivity index is 2.45. The Bertz CT molecular complexity index is 97.8. The van der Waals surface area contributed by atoms with Crippen molar-refractivity contribution in [2.75, 3.05) is 20.2 Å². The van der Waals surface area contributed by atoms with Crippen molar-refractivity contribution in [2.45, 2.75) is 25.0 Å². The van der Waals surface area contributed by atoms with Gasteiger partial charge >= 0.3 is 0 Å². The van der Waals surface area contributed by atoms with Gasteiger partial charge in [-0.15, -0.1) is 0 Å². The van der Waals surface area contributed by atoms with Gasteiger partial charge in [-0.1, -0.05) is 0 Å². The van der Waals surface area contributed by atoms with Gasteiger partial charge in [-0.25, -0.2) is 0 Å². The lowest BCUT2D eigenvalue weighted by Crippen LogP contribution is -2.48. The fraction of sp³-hybridized carbons (Fsp3) is 1.00. The molecule has 0 saturated carbocycles. The first-order valence-corrected chi connectivity index (χ1v) is 3.75. The molecule has 0 aromatic carbocycles. The first-order valence-electron chi connectivity index (χ1n) is 3.75. The van der Waals surface area contributed by atoms with Crippen LogP contribution in [0.25, 0.3) is 0 Å². The van der Waals surface area contributed by atoms with Gasteiger partial charge in [0.2, 0.25) is 0 Å². The molecule has 10 heavy (non-hydrogen) atoms. The fourth-order valence-corrected chi connectivity index (χ4v) is 1.46. The van der Waals surface area contributed by atoms with Crippen LogP contribution in [0.5, 0.6) is 0 Å². The molecule has 0 aliphatic carbocycles. The SMILES string of the molecule is CN1CCC[C@@H](O)[C@H]1CO. The normalized spacial score (nSPS) is 36.3. The maximum Gasteiger partial charge on any atom is 0.0718 e. The van der Waals surface area contributed by atoms with E-state index in [0.29, 0.717) is 0 Å². The van der Waals surface area contributed by atoms with Crippen molar-refractivity contribution in [2.24, 2.45) is 0 Å². The predicted octanol–water partition coefficient (Wildman–Crippen LogP) is -0.566. The van der Waals surface area contributed by atoms with Crippen LogP contribution in [0.1, 0.15) is 12.8 Å². The molecule has 0 amide bonds. The average molecular weight is 145 g/mol. The maximum absolute atomic E-state index is 9.34. The summed E-state index contributed by atoms with van der Waals surface area (Å²) in [6.07, 6.45) is 1.53. The zero-order valence-corrected chi connectivity index (χ0v) is 6.32. The minimum absolute atomic E-state index is 0.0336. The lowest BCUT2D eigenvalue weighted by Gasteiger charge is -2.34. The molecule has 0 bridgehead atoms. The van der Waals surface area contributed by atoms with Gasteiger partial charge in [-0.3, -0.25) is 4.90 Å². The van der Waals surface area contributed by atoms with Gasteiger partial charge in [0.15, 0.2) is 0 Å². The molecule has 0 unspecified atom stereocenters. The van der Waals surface area contributed by atoms with E-state index in [1.54, 1.807) is 0 Å². The Morgan fingerprint density at radius 2 is 2.30 bits per heavy atom. The van der Waals surface area contributed by atoms with E-state index < -0.39 is 0 Å². The molecule has 1 aliphatic heterocycles. The molecule has 2 atom stereocenters. The number of hydrogen-bond acceptors (Lipinski definition) is 3. The van der Waals surface area contributed by atoms with E-state index in [2.05, 4.69) is 0 Å². The van der Waals surface area contributed by atoms with E-state index in [9.17, 15) is 5.11 Å². The number of aliphatic hydroxyl groups is 2. The number of piperidine rings is 1. The highest BCUT2D eigenvalue weighted by molar-refractivity contribution is 4.80. The van der Waals surface area contributed by atoms with Crippen LogP contribution in [0, 0.1) is 0 Å². The molecule has 1 saturated heterocycles. The highest BCUT2D eigenvalue weighted by Crippen LogP contribution is 2.14. The largest absolute Gasteiger partial charge is 0.395 e. The summed E-state index contributed by atoms with van der Waals surface area (Å²) >= 11 is 0. The zero-order valence-electron chi connectivity index (χ0n) is 6.32. The molecule has 60 valence electrons. The van der Waals surface area contributed by atoms with Gasteiger partial charge < -0.3 is 10.2 Å². The summed E-state index contributed by atoms with van der Waals surface area (Å²) < 4.78 is 0. The summed E-state index contributed by atoms with van der Waals surface area (Å²) in [5.41, 5.74) is 0. The lowest BCUT2D eigenvalue weighted by molar-refractivity contribution is -0.00294.